The quantitative estimate of drug-likeness (QED) is 0.856. The van der Waals surface area contributed by atoms with Crippen molar-refractivity contribution in [2.24, 2.45) is 0 Å². The molecule has 0 unspecified atom stereocenters. The second-order valence-electron chi connectivity index (χ2n) is 7.06. The van der Waals surface area contributed by atoms with Gasteiger partial charge in [-0.2, -0.15) is 0 Å². The van der Waals surface area contributed by atoms with Gasteiger partial charge in [0.05, 0.1) is 17.4 Å². The minimum Gasteiger partial charge on any atom is -0.330 e. The van der Waals surface area contributed by atoms with Gasteiger partial charge in [0.1, 0.15) is 0 Å². The summed E-state index contributed by atoms with van der Waals surface area (Å²) in [5, 5.41) is 0. The summed E-state index contributed by atoms with van der Waals surface area (Å²) in [6, 6.07) is 16.0. The van der Waals surface area contributed by atoms with Crippen LogP contribution in [0.1, 0.15) is 53.5 Å². The van der Waals surface area contributed by atoms with Gasteiger partial charge in [-0.3, -0.25) is 14.7 Å². The molecule has 25 heavy (non-hydrogen) atoms. The predicted octanol–water partition coefficient (Wildman–Crippen LogP) is 3.65. The van der Waals surface area contributed by atoms with Gasteiger partial charge >= 0.3 is 0 Å². The Hall–Kier alpha value is -2.20. The van der Waals surface area contributed by atoms with Crippen LogP contribution in [-0.2, 0) is 6.54 Å². The van der Waals surface area contributed by atoms with E-state index in [2.05, 4.69) is 23.1 Å². The molecule has 2 aliphatic heterocycles. The number of carbonyl (C=O) groups excluding carboxylic acids is 1. The van der Waals surface area contributed by atoms with E-state index in [4.69, 9.17) is 4.98 Å². The third-order valence-corrected chi connectivity index (χ3v) is 5.29. The number of rotatable bonds is 4. The lowest BCUT2D eigenvalue weighted by atomic mass is 10.1. The maximum Gasteiger partial charge on any atom is 0.254 e. The van der Waals surface area contributed by atoms with E-state index < -0.39 is 0 Å². The molecule has 0 spiro atoms. The van der Waals surface area contributed by atoms with Gasteiger partial charge in [0, 0.05) is 18.7 Å². The molecular weight excluding hydrogens is 310 g/mol. The molecule has 0 bridgehead atoms. The zero-order valence-electron chi connectivity index (χ0n) is 14.6. The van der Waals surface area contributed by atoms with Crippen molar-refractivity contribution in [3.05, 3.63) is 65.5 Å². The van der Waals surface area contributed by atoms with Crippen LogP contribution in [0.2, 0.25) is 0 Å². The van der Waals surface area contributed by atoms with Crippen molar-refractivity contribution >= 4 is 5.91 Å². The van der Waals surface area contributed by atoms with Crippen LogP contribution in [0, 0.1) is 0 Å². The van der Waals surface area contributed by atoms with E-state index >= 15 is 0 Å². The summed E-state index contributed by atoms with van der Waals surface area (Å²) in [6.07, 6.45) is 4.63. The fourth-order valence-corrected chi connectivity index (χ4v) is 4.01. The van der Waals surface area contributed by atoms with E-state index in [9.17, 15) is 4.79 Å². The molecule has 130 valence electrons. The first-order chi connectivity index (χ1) is 12.3. The number of nitrogens with zero attached hydrogens (tertiary/aromatic N) is 3. The lowest BCUT2D eigenvalue weighted by molar-refractivity contribution is 0.0732. The van der Waals surface area contributed by atoms with E-state index in [0.29, 0.717) is 0 Å². The van der Waals surface area contributed by atoms with Crippen LogP contribution in [-0.4, -0.2) is 40.3 Å². The highest BCUT2D eigenvalue weighted by atomic mass is 16.2. The zero-order chi connectivity index (χ0) is 17.1. The van der Waals surface area contributed by atoms with Gasteiger partial charge < -0.3 is 4.90 Å². The Labute approximate surface area is 149 Å². The number of amides is 1. The summed E-state index contributed by atoms with van der Waals surface area (Å²) in [7, 11) is 0. The fraction of sp³-hybridized carbons (Fsp3) is 0.429. The Kier molecular flexibility index (Phi) is 4.79. The van der Waals surface area contributed by atoms with E-state index in [1.54, 1.807) is 0 Å². The first kappa shape index (κ1) is 16.3. The highest BCUT2D eigenvalue weighted by Gasteiger charge is 2.31. The second kappa shape index (κ2) is 7.36. The van der Waals surface area contributed by atoms with Gasteiger partial charge in [-0.05, 0) is 63.0 Å². The number of carbonyl (C=O) groups is 1. The zero-order valence-corrected chi connectivity index (χ0v) is 14.6. The molecule has 1 aromatic carbocycles. The molecule has 2 aliphatic rings. The van der Waals surface area contributed by atoms with Gasteiger partial charge in [0.25, 0.3) is 5.91 Å². The number of hydrogen-bond donors (Lipinski definition) is 0. The number of likely N-dealkylation sites (tertiary alicyclic amines) is 2. The standard InChI is InChI=1S/C21H25N3O/c25-21(17-8-2-1-3-9-17)24-15-7-12-20(24)19-11-6-10-18(22-19)16-23-13-4-5-14-23/h1-3,6,8-11,20H,4-5,7,12-16H2/t20-/m0/s1. The molecule has 2 saturated heterocycles. The lowest BCUT2D eigenvalue weighted by Crippen LogP contribution is -2.31. The molecular formula is C21H25N3O. The van der Waals surface area contributed by atoms with Crippen LogP contribution in [0.25, 0.3) is 0 Å². The molecule has 1 atom stereocenters. The fourth-order valence-electron chi connectivity index (χ4n) is 4.01. The van der Waals surface area contributed by atoms with Crippen LogP contribution in [0.15, 0.2) is 48.5 Å². The maximum absolute atomic E-state index is 12.9. The minimum absolute atomic E-state index is 0.103. The molecule has 1 aromatic heterocycles. The smallest absolute Gasteiger partial charge is 0.254 e. The summed E-state index contributed by atoms with van der Waals surface area (Å²) in [5.41, 5.74) is 2.93. The summed E-state index contributed by atoms with van der Waals surface area (Å²) < 4.78 is 0. The molecule has 2 aromatic rings. The third-order valence-electron chi connectivity index (χ3n) is 5.29. The van der Waals surface area contributed by atoms with Crippen LogP contribution < -0.4 is 0 Å². The average molecular weight is 335 g/mol. The summed E-state index contributed by atoms with van der Waals surface area (Å²) in [6.45, 7) is 4.09. The van der Waals surface area contributed by atoms with E-state index in [-0.39, 0.29) is 11.9 Å². The predicted molar refractivity (Wildman–Crippen MR) is 98.2 cm³/mol. The number of benzene rings is 1. The molecule has 0 saturated carbocycles. The molecule has 4 rings (SSSR count). The highest BCUT2D eigenvalue weighted by Crippen LogP contribution is 2.32. The SMILES string of the molecule is O=C(c1ccccc1)N1CCC[C@H]1c1cccc(CN2CCCC2)n1. The lowest BCUT2D eigenvalue weighted by Gasteiger charge is -2.25. The molecule has 4 heteroatoms. The van der Waals surface area contributed by atoms with E-state index in [0.717, 1.165) is 42.9 Å². The molecule has 0 aliphatic carbocycles. The first-order valence-corrected chi connectivity index (χ1v) is 9.35. The van der Waals surface area contributed by atoms with Gasteiger partial charge in [-0.25, -0.2) is 0 Å². The van der Waals surface area contributed by atoms with Crippen LogP contribution >= 0.6 is 0 Å². The van der Waals surface area contributed by atoms with Crippen molar-refractivity contribution < 1.29 is 4.79 Å². The van der Waals surface area contributed by atoms with Crippen molar-refractivity contribution in [2.75, 3.05) is 19.6 Å². The van der Waals surface area contributed by atoms with Gasteiger partial charge in [-0.15, -0.1) is 0 Å². The first-order valence-electron chi connectivity index (χ1n) is 9.35. The molecule has 4 nitrogen and oxygen atoms in total. The van der Waals surface area contributed by atoms with E-state index in [1.165, 1.54) is 25.9 Å². The van der Waals surface area contributed by atoms with Crippen molar-refractivity contribution in [1.82, 2.24) is 14.8 Å². The molecule has 0 radical (unpaired) electrons. The third kappa shape index (κ3) is 3.59. The monoisotopic (exact) mass is 335 g/mol. The largest absolute Gasteiger partial charge is 0.330 e. The Bertz CT molecular complexity index is 725. The molecule has 1 amide bonds. The Balaban J connectivity index is 1.52. The van der Waals surface area contributed by atoms with Gasteiger partial charge in [0.15, 0.2) is 0 Å². The van der Waals surface area contributed by atoms with Crippen molar-refractivity contribution in [2.45, 2.75) is 38.3 Å². The van der Waals surface area contributed by atoms with Gasteiger partial charge in [-0.1, -0.05) is 24.3 Å². The molecule has 0 N–H and O–H groups in total. The van der Waals surface area contributed by atoms with Crippen molar-refractivity contribution in [3.63, 3.8) is 0 Å². The van der Waals surface area contributed by atoms with Crippen LogP contribution in [0.4, 0.5) is 0 Å². The topological polar surface area (TPSA) is 36.4 Å². The normalized spacial score (nSPS) is 21.0. The Morgan fingerprint density at radius 2 is 1.76 bits per heavy atom. The average Bonchev–Trinajstić information content (AvgIpc) is 3.34. The Morgan fingerprint density at radius 1 is 0.960 bits per heavy atom. The number of hydrogen-bond acceptors (Lipinski definition) is 3. The molecule has 2 fully saturated rings. The van der Waals surface area contributed by atoms with Crippen LogP contribution in [0.5, 0.6) is 0 Å². The van der Waals surface area contributed by atoms with Crippen LogP contribution in [0.3, 0.4) is 0 Å². The van der Waals surface area contributed by atoms with Crippen molar-refractivity contribution in [3.8, 4) is 0 Å². The van der Waals surface area contributed by atoms with E-state index in [1.807, 2.05) is 35.2 Å². The van der Waals surface area contributed by atoms with Crippen molar-refractivity contribution in [1.29, 1.82) is 0 Å². The summed E-state index contributed by atoms with van der Waals surface area (Å²) in [5.74, 6) is 0.120. The number of pyridine rings is 1. The molecule has 3 heterocycles. The minimum atomic E-state index is 0.103. The highest BCUT2D eigenvalue weighted by molar-refractivity contribution is 5.94. The number of aromatic nitrogens is 1. The summed E-state index contributed by atoms with van der Waals surface area (Å²) >= 11 is 0. The van der Waals surface area contributed by atoms with Gasteiger partial charge in [0.2, 0.25) is 0 Å². The summed E-state index contributed by atoms with van der Waals surface area (Å²) in [4.78, 5) is 22.3. The maximum atomic E-state index is 12.9. The second-order valence-corrected chi connectivity index (χ2v) is 7.06. The Morgan fingerprint density at radius 3 is 2.56 bits per heavy atom.